The molecule has 0 bridgehead atoms. The zero-order valence-electron chi connectivity index (χ0n) is 15.8. The Hall–Kier alpha value is -2.09. The van der Waals surface area contributed by atoms with Crippen LogP contribution < -0.4 is 5.32 Å². The molecular formula is C19H22Cl2N4O3. The number of aryl methyl sites for hydroxylation is 2. The molecule has 0 saturated carbocycles. The molecule has 0 aliphatic carbocycles. The van der Waals surface area contributed by atoms with E-state index in [4.69, 9.17) is 27.7 Å². The minimum Gasteiger partial charge on any atom is -0.361 e. The molecule has 7 nitrogen and oxygen atoms in total. The average Bonchev–Trinajstić information content (AvgIpc) is 2.98. The van der Waals surface area contributed by atoms with Crippen molar-refractivity contribution in [2.75, 3.05) is 38.0 Å². The van der Waals surface area contributed by atoms with Gasteiger partial charge in [0, 0.05) is 31.7 Å². The Labute approximate surface area is 173 Å². The summed E-state index contributed by atoms with van der Waals surface area (Å²) in [7, 11) is 0. The molecule has 2 amide bonds. The van der Waals surface area contributed by atoms with Gasteiger partial charge in [0.15, 0.2) is 0 Å². The predicted octanol–water partition coefficient (Wildman–Crippen LogP) is 2.92. The number of anilines is 1. The van der Waals surface area contributed by atoms with Gasteiger partial charge < -0.3 is 14.7 Å². The van der Waals surface area contributed by atoms with Gasteiger partial charge in [-0.3, -0.25) is 14.5 Å². The van der Waals surface area contributed by atoms with Gasteiger partial charge in [0.1, 0.15) is 5.76 Å². The summed E-state index contributed by atoms with van der Waals surface area (Å²) in [5.41, 5.74) is 2.10. The summed E-state index contributed by atoms with van der Waals surface area (Å²) >= 11 is 12.1. The highest BCUT2D eigenvalue weighted by Crippen LogP contribution is 2.29. The first-order valence-electron chi connectivity index (χ1n) is 9.01. The summed E-state index contributed by atoms with van der Waals surface area (Å²) in [6.07, 6.45) is 0.287. The molecule has 1 aliphatic heterocycles. The Kier molecular flexibility index (Phi) is 6.59. The van der Waals surface area contributed by atoms with Gasteiger partial charge in [-0.2, -0.15) is 0 Å². The second-order valence-electron chi connectivity index (χ2n) is 6.79. The maximum atomic E-state index is 12.5. The van der Waals surface area contributed by atoms with E-state index < -0.39 is 0 Å². The highest BCUT2D eigenvalue weighted by Gasteiger charge is 2.24. The van der Waals surface area contributed by atoms with E-state index in [0.717, 1.165) is 11.3 Å². The second-order valence-corrected chi connectivity index (χ2v) is 7.57. The minimum absolute atomic E-state index is 0.0456. The van der Waals surface area contributed by atoms with Crippen LogP contribution in [0, 0.1) is 13.8 Å². The molecule has 28 heavy (non-hydrogen) atoms. The number of benzene rings is 1. The van der Waals surface area contributed by atoms with E-state index in [-0.39, 0.29) is 24.8 Å². The van der Waals surface area contributed by atoms with Crippen molar-refractivity contribution in [2.45, 2.75) is 20.3 Å². The zero-order valence-corrected chi connectivity index (χ0v) is 17.3. The lowest BCUT2D eigenvalue weighted by atomic mass is 10.1. The van der Waals surface area contributed by atoms with Gasteiger partial charge in [0.2, 0.25) is 11.8 Å². The third-order valence-electron chi connectivity index (χ3n) is 4.83. The monoisotopic (exact) mass is 424 g/mol. The lowest BCUT2D eigenvalue weighted by Gasteiger charge is -2.34. The van der Waals surface area contributed by atoms with Crippen LogP contribution in [-0.2, 0) is 16.0 Å². The van der Waals surface area contributed by atoms with Crippen LogP contribution in [0.4, 0.5) is 5.69 Å². The number of nitrogens with zero attached hydrogens (tertiary/aromatic N) is 3. The lowest BCUT2D eigenvalue weighted by Crippen LogP contribution is -2.50. The summed E-state index contributed by atoms with van der Waals surface area (Å²) in [5, 5.41) is 7.39. The number of halogens is 2. The van der Waals surface area contributed by atoms with Crippen molar-refractivity contribution in [3.8, 4) is 0 Å². The van der Waals surface area contributed by atoms with Crippen LogP contribution >= 0.6 is 23.2 Å². The van der Waals surface area contributed by atoms with Gasteiger partial charge in [0.25, 0.3) is 0 Å². The molecule has 0 radical (unpaired) electrons. The number of carbonyl (C=O) groups excluding carboxylic acids is 2. The summed E-state index contributed by atoms with van der Waals surface area (Å²) < 4.78 is 5.12. The van der Waals surface area contributed by atoms with E-state index in [2.05, 4.69) is 10.5 Å². The summed E-state index contributed by atoms with van der Waals surface area (Å²) in [5.74, 6) is 0.560. The van der Waals surface area contributed by atoms with Crippen LogP contribution in [0.25, 0.3) is 0 Å². The maximum Gasteiger partial charge on any atom is 0.238 e. The van der Waals surface area contributed by atoms with Crippen LogP contribution in [0.2, 0.25) is 10.0 Å². The molecule has 2 heterocycles. The van der Waals surface area contributed by atoms with Crippen LogP contribution in [-0.4, -0.2) is 59.5 Å². The molecule has 2 aromatic rings. The number of hydrogen-bond donors (Lipinski definition) is 1. The van der Waals surface area contributed by atoms with Crippen molar-refractivity contribution in [3.05, 3.63) is 45.3 Å². The van der Waals surface area contributed by atoms with Crippen molar-refractivity contribution in [2.24, 2.45) is 0 Å². The SMILES string of the molecule is Cc1noc(C)c1CC(=O)N1CCN(CC(=O)Nc2cccc(Cl)c2Cl)CC1. The number of rotatable bonds is 5. The van der Waals surface area contributed by atoms with Crippen molar-refractivity contribution in [1.29, 1.82) is 0 Å². The van der Waals surface area contributed by atoms with Gasteiger partial charge >= 0.3 is 0 Å². The Morgan fingerprint density at radius 1 is 1.18 bits per heavy atom. The summed E-state index contributed by atoms with van der Waals surface area (Å²) in [4.78, 5) is 28.7. The molecule has 1 aromatic carbocycles. The Bertz CT molecular complexity index is 857. The maximum absolute atomic E-state index is 12.5. The van der Waals surface area contributed by atoms with Crippen LogP contribution in [0.3, 0.4) is 0 Å². The first-order chi connectivity index (χ1) is 13.3. The molecule has 9 heteroatoms. The first kappa shape index (κ1) is 20.6. The number of nitrogens with one attached hydrogen (secondary N) is 1. The van der Waals surface area contributed by atoms with E-state index in [0.29, 0.717) is 47.7 Å². The number of amides is 2. The van der Waals surface area contributed by atoms with E-state index in [9.17, 15) is 9.59 Å². The molecule has 150 valence electrons. The minimum atomic E-state index is -0.167. The normalized spacial score (nSPS) is 14.9. The largest absolute Gasteiger partial charge is 0.361 e. The predicted molar refractivity (Wildman–Crippen MR) is 108 cm³/mol. The molecule has 1 aromatic heterocycles. The molecule has 0 spiro atoms. The van der Waals surface area contributed by atoms with Crippen molar-refractivity contribution in [3.63, 3.8) is 0 Å². The third kappa shape index (κ3) is 4.84. The lowest BCUT2D eigenvalue weighted by molar-refractivity contribution is -0.132. The Morgan fingerprint density at radius 3 is 2.54 bits per heavy atom. The van der Waals surface area contributed by atoms with Crippen LogP contribution in [0.1, 0.15) is 17.0 Å². The first-order valence-corrected chi connectivity index (χ1v) is 9.76. The van der Waals surface area contributed by atoms with Gasteiger partial charge in [-0.05, 0) is 26.0 Å². The summed E-state index contributed by atoms with van der Waals surface area (Å²) in [6, 6.07) is 5.10. The van der Waals surface area contributed by atoms with Crippen LogP contribution in [0.15, 0.2) is 22.7 Å². The zero-order chi connectivity index (χ0) is 20.3. The molecule has 1 fully saturated rings. The van der Waals surface area contributed by atoms with Crippen molar-refractivity contribution in [1.82, 2.24) is 15.0 Å². The van der Waals surface area contributed by atoms with Crippen molar-refractivity contribution < 1.29 is 14.1 Å². The number of piperazine rings is 1. The highest BCUT2D eigenvalue weighted by atomic mass is 35.5. The standard InChI is InChI=1S/C19H22Cl2N4O3/c1-12-14(13(2)28-23-12)10-18(27)25-8-6-24(7-9-25)11-17(26)22-16-5-3-4-15(20)19(16)21/h3-5H,6-11H2,1-2H3,(H,22,26). The quantitative estimate of drug-likeness (QED) is 0.797. The highest BCUT2D eigenvalue weighted by molar-refractivity contribution is 6.44. The molecule has 3 rings (SSSR count). The fourth-order valence-electron chi connectivity index (χ4n) is 3.17. The molecular weight excluding hydrogens is 403 g/mol. The fraction of sp³-hybridized carbons (Fsp3) is 0.421. The van der Waals surface area contributed by atoms with E-state index >= 15 is 0 Å². The molecule has 0 atom stereocenters. The average molecular weight is 425 g/mol. The molecule has 1 aliphatic rings. The molecule has 0 unspecified atom stereocenters. The Morgan fingerprint density at radius 2 is 1.89 bits per heavy atom. The van der Waals surface area contributed by atoms with Gasteiger partial charge in [-0.1, -0.05) is 34.4 Å². The Balaban J connectivity index is 1.48. The second kappa shape index (κ2) is 8.94. The molecule has 1 saturated heterocycles. The number of aromatic nitrogens is 1. The number of carbonyl (C=O) groups is 2. The van der Waals surface area contributed by atoms with E-state index in [1.54, 1.807) is 18.2 Å². The van der Waals surface area contributed by atoms with Crippen molar-refractivity contribution >= 4 is 40.7 Å². The third-order valence-corrected chi connectivity index (χ3v) is 5.65. The smallest absolute Gasteiger partial charge is 0.238 e. The molecule has 1 N–H and O–H groups in total. The number of hydrogen-bond acceptors (Lipinski definition) is 5. The van der Waals surface area contributed by atoms with Gasteiger partial charge in [0.05, 0.1) is 34.4 Å². The van der Waals surface area contributed by atoms with Gasteiger partial charge in [-0.15, -0.1) is 0 Å². The summed E-state index contributed by atoms with van der Waals surface area (Å²) in [6.45, 7) is 6.29. The van der Waals surface area contributed by atoms with E-state index in [1.807, 2.05) is 23.6 Å². The van der Waals surface area contributed by atoms with Gasteiger partial charge in [-0.25, -0.2) is 0 Å². The van der Waals surface area contributed by atoms with E-state index in [1.165, 1.54) is 0 Å². The van der Waals surface area contributed by atoms with Crippen LogP contribution in [0.5, 0.6) is 0 Å². The fourth-order valence-corrected chi connectivity index (χ4v) is 3.51. The topological polar surface area (TPSA) is 78.7 Å².